The van der Waals surface area contributed by atoms with E-state index in [0.29, 0.717) is 0 Å². The van der Waals surface area contributed by atoms with Crippen LogP contribution in [0.3, 0.4) is 0 Å². The summed E-state index contributed by atoms with van der Waals surface area (Å²) < 4.78 is 4.18. The van der Waals surface area contributed by atoms with Gasteiger partial charge in [0.1, 0.15) is 0 Å². The number of halogens is 2. The van der Waals surface area contributed by atoms with Crippen molar-refractivity contribution in [3.8, 4) is 0 Å². The van der Waals surface area contributed by atoms with Crippen LogP contribution in [0.2, 0.25) is 0 Å². The first-order valence-corrected chi connectivity index (χ1v) is 10.5. The molecule has 0 aromatic heterocycles. The van der Waals surface area contributed by atoms with Crippen LogP contribution in [0.15, 0.2) is 51.9 Å². The molecule has 106 valence electrons. The van der Waals surface area contributed by atoms with Crippen molar-refractivity contribution >= 4 is 34.1 Å². The zero-order valence-electron chi connectivity index (χ0n) is 11.8. The van der Waals surface area contributed by atoms with Gasteiger partial charge >= 0.3 is 117 Å². The molecule has 1 aromatic rings. The SMILES string of the molecule is C[C](C)=[Zr]([C]1=CC=CC1)[CH]1C=Cc2ccccc21.Cl.Cl. The van der Waals surface area contributed by atoms with Gasteiger partial charge in [-0.2, -0.15) is 0 Å². The molecule has 3 rings (SSSR count). The van der Waals surface area contributed by atoms with Gasteiger partial charge in [-0.1, -0.05) is 0 Å². The van der Waals surface area contributed by atoms with Gasteiger partial charge in [0.2, 0.25) is 0 Å². The second-order valence-electron chi connectivity index (χ2n) is 5.20. The van der Waals surface area contributed by atoms with E-state index < -0.39 is 21.3 Å². The van der Waals surface area contributed by atoms with Crippen molar-refractivity contribution in [3.05, 3.63) is 63.0 Å². The Morgan fingerprint density at radius 3 is 2.55 bits per heavy atom. The molecule has 0 N–H and O–H groups in total. The number of allylic oxidation sites excluding steroid dienone is 5. The van der Waals surface area contributed by atoms with E-state index in [4.69, 9.17) is 0 Å². The van der Waals surface area contributed by atoms with E-state index in [1.165, 1.54) is 12.0 Å². The quantitative estimate of drug-likeness (QED) is 0.649. The molecular formula is C17H20Cl2Zr. The minimum Gasteiger partial charge on any atom is -0.147 e. The van der Waals surface area contributed by atoms with Crippen LogP contribution >= 0.6 is 24.8 Å². The molecule has 1 unspecified atom stereocenters. The number of fused-ring (bicyclic) bond motifs is 1. The van der Waals surface area contributed by atoms with Crippen LogP contribution in [0.25, 0.3) is 6.08 Å². The van der Waals surface area contributed by atoms with E-state index in [-0.39, 0.29) is 24.8 Å². The number of benzene rings is 1. The number of rotatable bonds is 2. The molecule has 0 spiro atoms. The average Bonchev–Trinajstić information content (AvgIpc) is 3.00. The third kappa shape index (κ3) is 3.33. The molecular weight excluding hydrogens is 366 g/mol. The maximum Gasteiger partial charge on any atom is -0.147 e. The molecule has 0 heterocycles. The normalized spacial score (nSPS) is 17.9. The second kappa shape index (κ2) is 7.69. The summed E-state index contributed by atoms with van der Waals surface area (Å²) in [5.41, 5.74) is 3.01. The molecule has 0 saturated heterocycles. The van der Waals surface area contributed by atoms with Gasteiger partial charge in [-0.15, -0.1) is 24.8 Å². The summed E-state index contributed by atoms with van der Waals surface area (Å²) in [4.78, 5) is 0. The number of hydrogen-bond acceptors (Lipinski definition) is 0. The summed E-state index contributed by atoms with van der Waals surface area (Å²) in [7, 11) is 0. The van der Waals surface area contributed by atoms with Crippen molar-refractivity contribution in [2.24, 2.45) is 0 Å². The van der Waals surface area contributed by atoms with Gasteiger partial charge in [0.25, 0.3) is 0 Å². The molecule has 0 amide bonds. The van der Waals surface area contributed by atoms with Crippen LogP contribution < -0.4 is 0 Å². The first-order chi connectivity index (χ1) is 8.77. The first-order valence-electron chi connectivity index (χ1n) is 6.58. The number of hydrogen-bond donors (Lipinski definition) is 0. The fourth-order valence-electron chi connectivity index (χ4n) is 2.98. The Balaban J connectivity index is 0.000001000. The maximum absolute atomic E-state index is 2.46. The van der Waals surface area contributed by atoms with E-state index in [1.807, 2.05) is 0 Å². The van der Waals surface area contributed by atoms with Crippen molar-refractivity contribution in [2.75, 3.05) is 0 Å². The molecule has 0 aliphatic heterocycles. The maximum atomic E-state index is 2.46. The molecule has 1 aromatic carbocycles. The second-order valence-corrected chi connectivity index (χ2v) is 12.8. The monoisotopic (exact) mass is 384 g/mol. The summed E-state index contributed by atoms with van der Waals surface area (Å²) >= 11 is -1.68. The zero-order chi connectivity index (χ0) is 12.5. The van der Waals surface area contributed by atoms with Gasteiger partial charge in [0.15, 0.2) is 0 Å². The molecule has 0 nitrogen and oxygen atoms in total. The minimum absolute atomic E-state index is 0. The van der Waals surface area contributed by atoms with Crippen LogP contribution in [0.1, 0.15) is 35.0 Å². The molecule has 0 saturated carbocycles. The van der Waals surface area contributed by atoms with Crippen molar-refractivity contribution in [1.29, 1.82) is 0 Å². The summed E-state index contributed by atoms with van der Waals surface area (Å²) in [6, 6.07) is 8.91. The Labute approximate surface area is 141 Å². The summed E-state index contributed by atoms with van der Waals surface area (Å²) in [6.45, 7) is 4.70. The largest absolute Gasteiger partial charge is 0.147 e. The molecule has 2 aliphatic rings. The van der Waals surface area contributed by atoms with E-state index in [0.717, 1.165) is 3.63 Å². The van der Waals surface area contributed by atoms with Gasteiger partial charge in [0, 0.05) is 0 Å². The van der Waals surface area contributed by atoms with Gasteiger partial charge in [-0.25, -0.2) is 0 Å². The standard InChI is InChI=1S/C9H7.C5H5.C3H6.2ClH.Zr/c1-2-5-9-7-3-6-8(9)4-1;1-2-4-5-3-1;1-3-2;;;/h1-7H;1-3H,4H2;1-2H3;2*1H;. The Bertz CT molecular complexity index is 605. The third-order valence-electron chi connectivity index (χ3n) is 3.77. The molecule has 2 aliphatic carbocycles. The van der Waals surface area contributed by atoms with E-state index in [2.05, 4.69) is 68.5 Å². The molecule has 0 fully saturated rings. The summed E-state index contributed by atoms with van der Waals surface area (Å²) in [5.74, 6) is 0. The molecule has 1 atom stereocenters. The van der Waals surface area contributed by atoms with Crippen molar-refractivity contribution < 1.29 is 21.3 Å². The predicted octanol–water partition coefficient (Wildman–Crippen LogP) is 5.27. The van der Waals surface area contributed by atoms with Gasteiger partial charge < -0.3 is 0 Å². The van der Waals surface area contributed by atoms with E-state index in [1.54, 1.807) is 12.1 Å². The predicted molar refractivity (Wildman–Crippen MR) is 90.9 cm³/mol. The summed E-state index contributed by atoms with van der Waals surface area (Å²) in [6.07, 6.45) is 12.9. The van der Waals surface area contributed by atoms with E-state index in [9.17, 15) is 0 Å². The van der Waals surface area contributed by atoms with Crippen molar-refractivity contribution in [1.82, 2.24) is 0 Å². The van der Waals surface area contributed by atoms with Crippen molar-refractivity contribution in [3.63, 3.8) is 0 Å². The molecule has 20 heavy (non-hydrogen) atoms. The molecule has 0 bridgehead atoms. The smallest absolute Gasteiger partial charge is 0.147 e. The summed E-state index contributed by atoms with van der Waals surface area (Å²) in [5, 5.41) is 0. The van der Waals surface area contributed by atoms with Crippen LogP contribution in [-0.2, 0) is 21.3 Å². The topological polar surface area (TPSA) is 0 Å². The van der Waals surface area contributed by atoms with Crippen LogP contribution in [0.5, 0.6) is 0 Å². The van der Waals surface area contributed by atoms with Crippen LogP contribution in [0, 0.1) is 0 Å². The van der Waals surface area contributed by atoms with Gasteiger partial charge in [-0.3, -0.25) is 0 Å². The van der Waals surface area contributed by atoms with Gasteiger partial charge in [0.05, 0.1) is 0 Å². The van der Waals surface area contributed by atoms with Crippen LogP contribution in [0.4, 0.5) is 0 Å². The first kappa shape index (κ1) is 17.8. The molecule has 0 radical (unpaired) electrons. The van der Waals surface area contributed by atoms with Gasteiger partial charge in [-0.05, 0) is 0 Å². The fraction of sp³-hybridized carbons (Fsp3) is 0.235. The fourth-order valence-corrected chi connectivity index (χ4v) is 10.7. The Kier molecular flexibility index (Phi) is 6.85. The Morgan fingerprint density at radius 1 is 1.15 bits per heavy atom. The van der Waals surface area contributed by atoms with Crippen molar-refractivity contribution in [2.45, 2.75) is 23.9 Å². The average molecular weight is 386 g/mol. The zero-order valence-corrected chi connectivity index (χ0v) is 15.9. The Morgan fingerprint density at radius 2 is 1.90 bits per heavy atom. The molecule has 3 heteroatoms. The third-order valence-corrected chi connectivity index (χ3v) is 11.8. The van der Waals surface area contributed by atoms with Crippen LogP contribution in [-0.4, -0.2) is 3.21 Å². The van der Waals surface area contributed by atoms with E-state index >= 15 is 0 Å². The minimum atomic E-state index is -1.68. The Hall–Kier alpha value is -0.227.